The van der Waals surface area contributed by atoms with Gasteiger partial charge in [-0.1, -0.05) is 42.5 Å². The Balaban J connectivity index is 1.50. The fraction of sp³-hybridized carbons (Fsp3) is 0.240. The van der Waals surface area contributed by atoms with Crippen molar-refractivity contribution in [3.63, 3.8) is 0 Å². The van der Waals surface area contributed by atoms with Gasteiger partial charge in [0.15, 0.2) is 5.76 Å². The Morgan fingerprint density at radius 1 is 1.03 bits per heavy atom. The molecule has 0 saturated heterocycles. The lowest BCUT2D eigenvalue weighted by Crippen LogP contribution is -2.41. The number of amides is 1. The molecule has 1 N–H and O–H groups in total. The van der Waals surface area contributed by atoms with Crippen molar-refractivity contribution < 1.29 is 13.9 Å². The molecule has 146 valence electrons. The average molecular weight is 385 g/mol. The highest BCUT2D eigenvalue weighted by atomic mass is 16.5. The minimum Gasteiger partial charge on any atom is -0.487 e. The van der Waals surface area contributed by atoms with Gasteiger partial charge in [-0.15, -0.1) is 0 Å². The van der Waals surface area contributed by atoms with Crippen molar-refractivity contribution in [3.05, 3.63) is 77.6 Å². The summed E-state index contributed by atoms with van der Waals surface area (Å²) in [6.07, 6.45) is 0.692. The molecular weight excluding hydrogens is 362 g/mol. The SMILES string of the molecule is Cc1ccc2c(c1)OC(C)(C)C[C@H]2NC(=O)c1cc2c(ccc3ccccc32)o1. The van der Waals surface area contributed by atoms with Crippen molar-refractivity contribution in [1.82, 2.24) is 5.32 Å². The molecule has 1 aliphatic heterocycles. The summed E-state index contributed by atoms with van der Waals surface area (Å²) in [4.78, 5) is 13.1. The molecule has 0 fully saturated rings. The molecule has 1 aliphatic rings. The van der Waals surface area contributed by atoms with Crippen molar-refractivity contribution in [1.29, 1.82) is 0 Å². The van der Waals surface area contributed by atoms with E-state index in [4.69, 9.17) is 9.15 Å². The summed E-state index contributed by atoms with van der Waals surface area (Å²) in [5.41, 5.74) is 2.50. The number of nitrogens with one attached hydrogen (secondary N) is 1. The fourth-order valence-corrected chi connectivity index (χ4v) is 4.22. The van der Waals surface area contributed by atoms with Crippen LogP contribution < -0.4 is 10.1 Å². The van der Waals surface area contributed by atoms with E-state index < -0.39 is 0 Å². The Hall–Kier alpha value is -3.27. The molecule has 3 aromatic carbocycles. The van der Waals surface area contributed by atoms with Gasteiger partial charge in [0.25, 0.3) is 5.91 Å². The maximum absolute atomic E-state index is 13.1. The number of hydrogen-bond donors (Lipinski definition) is 1. The molecule has 1 atom stereocenters. The molecule has 5 rings (SSSR count). The van der Waals surface area contributed by atoms with Crippen LogP contribution in [-0.2, 0) is 0 Å². The Labute approximate surface area is 169 Å². The Bertz CT molecular complexity index is 1250. The Morgan fingerprint density at radius 3 is 2.72 bits per heavy atom. The van der Waals surface area contributed by atoms with Gasteiger partial charge in [-0.2, -0.15) is 0 Å². The number of benzene rings is 3. The highest BCUT2D eigenvalue weighted by Gasteiger charge is 2.35. The number of aryl methyl sites for hydroxylation is 1. The van der Waals surface area contributed by atoms with Gasteiger partial charge < -0.3 is 14.5 Å². The number of rotatable bonds is 2. The van der Waals surface area contributed by atoms with Gasteiger partial charge in [0.1, 0.15) is 16.9 Å². The largest absolute Gasteiger partial charge is 0.487 e. The number of ether oxygens (including phenoxy) is 1. The molecule has 0 aliphatic carbocycles. The van der Waals surface area contributed by atoms with E-state index in [0.717, 1.165) is 38.6 Å². The van der Waals surface area contributed by atoms with Crippen LogP contribution in [-0.4, -0.2) is 11.5 Å². The molecule has 1 aromatic heterocycles. The first-order chi connectivity index (χ1) is 13.9. The summed E-state index contributed by atoms with van der Waals surface area (Å²) >= 11 is 0. The van der Waals surface area contributed by atoms with Crippen molar-refractivity contribution in [2.24, 2.45) is 0 Å². The van der Waals surface area contributed by atoms with Gasteiger partial charge in [0, 0.05) is 17.4 Å². The lowest BCUT2D eigenvalue weighted by Gasteiger charge is -2.38. The van der Waals surface area contributed by atoms with Crippen molar-refractivity contribution in [2.45, 2.75) is 38.8 Å². The monoisotopic (exact) mass is 385 g/mol. The van der Waals surface area contributed by atoms with Gasteiger partial charge in [-0.25, -0.2) is 0 Å². The molecule has 4 heteroatoms. The van der Waals surface area contributed by atoms with E-state index in [1.54, 1.807) is 0 Å². The maximum Gasteiger partial charge on any atom is 0.287 e. The third kappa shape index (κ3) is 3.15. The number of carbonyl (C=O) groups excluding carboxylic acids is 1. The standard InChI is InChI=1S/C25H23NO3/c1-15-8-10-18-20(14-25(2,3)29-22(18)12-15)26-24(27)23-13-19-17-7-5-4-6-16(17)9-11-21(19)28-23/h4-13,20H,14H2,1-3H3,(H,26,27)/t20-/m1/s1. The Kier molecular flexibility index (Phi) is 3.91. The summed E-state index contributed by atoms with van der Waals surface area (Å²) in [6, 6.07) is 19.9. The first-order valence-electron chi connectivity index (χ1n) is 9.91. The van der Waals surface area contributed by atoms with E-state index in [9.17, 15) is 4.79 Å². The summed E-state index contributed by atoms with van der Waals surface area (Å²) < 4.78 is 12.0. The van der Waals surface area contributed by atoms with Gasteiger partial charge in [-0.05, 0) is 55.3 Å². The van der Waals surface area contributed by atoms with Crippen LogP contribution in [0.3, 0.4) is 0 Å². The second-order valence-electron chi connectivity index (χ2n) is 8.44. The highest BCUT2D eigenvalue weighted by molar-refractivity contribution is 6.08. The summed E-state index contributed by atoms with van der Waals surface area (Å²) in [5.74, 6) is 0.955. The van der Waals surface area contributed by atoms with Crippen LogP contribution in [0.5, 0.6) is 5.75 Å². The third-order valence-corrected chi connectivity index (χ3v) is 5.58. The van der Waals surface area contributed by atoms with Crippen LogP contribution in [0, 0.1) is 6.92 Å². The van der Waals surface area contributed by atoms with Gasteiger partial charge >= 0.3 is 0 Å². The van der Waals surface area contributed by atoms with E-state index >= 15 is 0 Å². The van der Waals surface area contributed by atoms with Gasteiger partial charge in [0.2, 0.25) is 0 Å². The van der Waals surface area contributed by atoms with E-state index in [-0.39, 0.29) is 17.6 Å². The van der Waals surface area contributed by atoms with Crippen LogP contribution >= 0.6 is 0 Å². The summed E-state index contributed by atoms with van der Waals surface area (Å²) in [7, 11) is 0. The quantitative estimate of drug-likeness (QED) is 0.465. The van der Waals surface area contributed by atoms with Crippen molar-refractivity contribution in [2.75, 3.05) is 0 Å². The van der Waals surface area contributed by atoms with Crippen LogP contribution in [0.4, 0.5) is 0 Å². The van der Waals surface area contributed by atoms with E-state index in [0.29, 0.717) is 12.2 Å². The van der Waals surface area contributed by atoms with E-state index in [2.05, 4.69) is 17.4 Å². The molecule has 0 saturated carbocycles. The third-order valence-electron chi connectivity index (χ3n) is 5.58. The normalized spacial score (nSPS) is 17.7. The molecule has 0 unspecified atom stereocenters. The minimum absolute atomic E-state index is 0.133. The fourth-order valence-electron chi connectivity index (χ4n) is 4.22. The summed E-state index contributed by atoms with van der Waals surface area (Å²) in [6.45, 7) is 6.13. The summed E-state index contributed by atoms with van der Waals surface area (Å²) in [5, 5.41) is 6.33. The van der Waals surface area contributed by atoms with Crippen molar-refractivity contribution >= 4 is 27.6 Å². The molecule has 0 radical (unpaired) electrons. The molecule has 4 aromatic rings. The predicted molar refractivity (Wildman–Crippen MR) is 114 cm³/mol. The number of furan rings is 1. The zero-order valence-electron chi connectivity index (χ0n) is 16.8. The van der Waals surface area contributed by atoms with E-state index in [1.807, 2.05) is 69.3 Å². The van der Waals surface area contributed by atoms with Gasteiger partial charge in [-0.3, -0.25) is 4.79 Å². The topological polar surface area (TPSA) is 51.5 Å². The van der Waals surface area contributed by atoms with Crippen LogP contribution in [0.1, 0.15) is 48.0 Å². The highest BCUT2D eigenvalue weighted by Crippen LogP contribution is 2.40. The zero-order chi connectivity index (χ0) is 20.2. The lowest BCUT2D eigenvalue weighted by molar-refractivity contribution is 0.0611. The van der Waals surface area contributed by atoms with E-state index in [1.165, 1.54) is 0 Å². The minimum atomic E-state index is -0.358. The number of hydrogen-bond acceptors (Lipinski definition) is 3. The van der Waals surface area contributed by atoms with Crippen LogP contribution in [0.25, 0.3) is 21.7 Å². The molecule has 0 bridgehead atoms. The first-order valence-corrected chi connectivity index (χ1v) is 9.91. The average Bonchev–Trinajstić information content (AvgIpc) is 3.12. The first kappa shape index (κ1) is 17.8. The molecular formula is C25H23NO3. The predicted octanol–water partition coefficient (Wildman–Crippen LogP) is 5.93. The van der Waals surface area contributed by atoms with Crippen LogP contribution in [0.15, 0.2) is 65.1 Å². The molecule has 1 amide bonds. The second-order valence-corrected chi connectivity index (χ2v) is 8.44. The maximum atomic E-state index is 13.1. The zero-order valence-corrected chi connectivity index (χ0v) is 16.8. The number of fused-ring (bicyclic) bond motifs is 4. The second kappa shape index (κ2) is 6.38. The molecule has 4 nitrogen and oxygen atoms in total. The smallest absolute Gasteiger partial charge is 0.287 e. The van der Waals surface area contributed by atoms with Crippen molar-refractivity contribution in [3.8, 4) is 5.75 Å². The molecule has 29 heavy (non-hydrogen) atoms. The van der Waals surface area contributed by atoms with Crippen LogP contribution in [0.2, 0.25) is 0 Å². The number of carbonyl (C=O) groups is 1. The van der Waals surface area contributed by atoms with Gasteiger partial charge in [0.05, 0.1) is 6.04 Å². The molecule has 0 spiro atoms. The molecule has 2 heterocycles. The lowest BCUT2D eigenvalue weighted by atomic mass is 9.89. The Morgan fingerprint density at radius 2 is 1.86 bits per heavy atom.